The molecule has 26 heavy (non-hydrogen) atoms. The van der Waals surface area contributed by atoms with E-state index in [2.05, 4.69) is 58.3 Å². The monoisotopic (exact) mass is 660 g/mol. The molecule has 10 heteroatoms. The molecular formula is C16H12Br3IN2O4. The molecule has 0 aliphatic rings. The highest BCUT2D eigenvalue weighted by molar-refractivity contribution is 14.1. The fourth-order valence-electron chi connectivity index (χ4n) is 1.84. The van der Waals surface area contributed by atoms with Gasteiger partial charge in [0.25, 0.3) is 5.91 Å². The third kappa shape index (κ3) is 5.83. The Morgan fingerprint density at radius 1 is 1.27 bits per heavy atom. The molecule has 0 radical (unpaired) electrons. The van der Waals surface area contributed by atoms with Crippen molar-refractivity contribution in [1.82, 2.24) is 5.43 Å². The van der Waals surface area contributed by atoms with E-state index in [4.69, 9.17) is 9.47 Å². The standard InChI is InChI=1S/C16H12Br3IN2O4/c1-25-13-3-8(2-12(20)15(13)24)6-21-22-14(23)7-26-16-10(18)4-9(17)5-11(16)19/h2-6,24H,7H2,1H3,(H,22,23)/b21-6+. The van der Waals surface area contributed by atoms with E-state index in [-0.39, 0.29) is 12.4 Å². The van der Waals surface area contributed by atoms with Crippen LogP contribution in [0.25, 0.3) is 0 Å². The molecule has 0 atom stereocenters. The third-order valence-electron chi connectivity index (χ3n) is 2.98. The van der Waals surface area contributed by atoms with E-state index in [1.165, 1.54) is 13.3 Å². The number of phenolic OH excluding ortho intramolecular Hbond substituents is 1. The second-order valence-electron chi connectivity index (χ2n) is 4.83. The normalized spacial score (nSPS) is 10.8. The Labute approximate surface area is 188 Å². The summed E-state index contributed by atoms with van der Waals surface area (Å²) >= 11 is 12.1. The number of aromatic hydroxyl groups is 1. The van der Waals surface area contributed by atoms with Crippen LogP contribution in [0.1, 0.15) is 5.56 Å². The number of hydrogen-bond acceptors (Lipinski definition) is 5. The van der Waals surface area contributed by atoms with Crippen LogP contribution in [0, 0.1) is 3.57 Å². The summed E-state index contributed by atoms with van der Waals surface area (Å²) < 4.78 is 13.5. The first-order valence-corrected chi connectivity index (χ1v) is 10.4. The molecule has 0 bridgehead atoms. The number of ether oxygens (including phenoxy) is 2. The van der Waals surface area contributed by atoms with Gasteiger partial charge in [0, 0.05) is 4.47 Å². The Morgan fingerprint density at radius 3 is 2.54 bits per heavy atom. The molecule has 0 heterocycles. The Bertz CT molecular complexity index is 839. The zero-order valence-corrected chi connectivity index (χ0v) is 20.1. The van der Waals surface area contributed by atoms with E-state index in [0.29, 0.717) is 29.6 Å². The first kappa shape index (κ1) is 21.5. The summed E-state index contributed by atoms with van der Waals surface area (Å²) in [4.78, 5) is 11.9. The number of methoxy groups -OCH3 is 1. The highest BCUT2D eigenvalue weighted by Crippen LogP contribution is 2.36. The van der Waals surface area contributed by atoms with Crippen LogP contribution in [0.4, 0.5) is 0 Å². The SMILES string of the molecule is COc1cc(/C=N/NC(=O)COc2c(Br)cc(Br)cc2Br)cc(I)c1O. The number of rotatable bonds is 6. The summed E-state index contributed by atoms with van der Waals surface area (Å²) in [7, 11) is 1.46. The summed E-state index contributed by atoms with van der Waals surface area (Å²) in [6, 6.07) is 6.95. The summed E-state index contributed by atoms with van der Waals surface area (Å²) in [6.45, 7) is -0.202. The van der Waals surface area contributed by atoms with Crippen LogP contribution in [0.3, 0.4) is 0 Å². The van der Waals surface area contributed by atoms with Gasteiger partial charge in [0.15, 0.2) is 18.1 Å². The van der Waals surface area contributed by atoms with Crippen LogP contribution in [-0.4, -0.2) is 30.9 Å². The van der Waals surface area contributed by atoms with Gasteiger partial charge in [0.05, 0.1) is 25.8 Å². The van der Waals surface area contributed by atoms with Crippen LogP contribution in [0.2, 0.25) is 0 Å². The second kappa shape index (κ2) is 9.90. The molecule has 0 saturated carbocycles. The molecule has 2 N–H and O–H groups in total. The Hall–Kier alpha value is -0.850. The van der Waals surface area contributed by atoms with Crippen molar-refractivity contribution in [1.29, 1.82) is 0 Å². The maximum absolute atomic E-state index is 11.9. The quantitative estimate of drug-likeness (QED) is 0.264. The molecule has 138 valence electrons. The average Bonchev–Trinajstić information content (AvgIpc) is 2.56. The molecular weight excluding hydrogens is 651 g/mol. The molecule has 2 aromatic rings. The van der Waals surface area contributed by atoms with Gasteiger partial charge in [-0.1, -0.05) is 15.9 Å². The second-order valence-corrected chi connectivity index (χ2v) is 8.62. The van der Waals surface area contributed by atoms with Crippen molar-refractivity contribution < 1.29 is 19.4 Å². The molecule has 6 nitrogen and oxygen atoms in total. The zero-order valence-electron chi connectivity index (χ0n) is 13.2. The molecule has 0 spiro atoms. The molecule has 0 aromatic heterocycles. The number of nitrogens with zero attached hydrogens (tertiary/aromatic N) is 1. The number of hydrogen-bond donors (Lipinski definition) is 2. The number of halogens is 4. The Balaban J connectivity index is 1.95. The van der Waals surface area contributed by atoms with Gasteiger partial charge in [0.2, 0.25) is 0 Å². The van der Waals surface area contributed by atoms with Gasteiger partial charge in [-0.3, -0.25) is 4.79 Å². The van der Waals surface area contributed by atoms with Gasteiger partial charge in [-0.15, -0.1) is 0 Å². The minimum absolute atomic E-state index is 0.0633. The van der Waals surface area contributed by atoms with Crippen LogP contribution in [-0.2, 0) is 4.79 Å². The van der Waals surface area contributed by atoms with E-state index in [1.54, 1.807) is 12.1 Å². The Kier molecular flexibility index (Phi) is 8.17. The highest BCUT2D eigenvalue weighted by Gasteiger charge is 2.11. The van der Waals surface area contributed by atoms with Gasteiger partial charge in [-0.25, -0.2) is 5.43 Å². The molecule has 0 aliphatic carbocycles. The van der Waals surface area contributed by atoms with Gasteiger partial charge in [-0.2, -0.15) is 5.10 Å². The van der Waals surface area contributed by atoms with Crippen molar-refractivity contribution in [3.8, 4) is 17.2 Å². The van der Waals surface area contributed by atoms with Crippen LogP contribution >= 0.6 is 70.4 Å². The minimum Gasteiger partial charge on any atom is -0.504 e. The highest BCUT2D eigenvalue weighted by atomic mass is 127. The van der Waals surface area contributed by atoms with Crippen LogP contribution in [0.15, 0.2) is 42.8 Å². The lowest BCUT2D eigenvalue weighted by atomic mass is 10.2. The smallest absolute Gasteiger partial charge is 0.277 e. The topological polar surface area (TPSA) is 80.2 Å². The lowest BCUT2D eigenvalue weighted by molar-refractivity contribution is -0.123. The molecule has 0 fully saturated rings. The Morgan fingerprint density at radius 2 is 1.92 bits per heavy atom. The molecule has 2 rings (SSSR count). The average molecular weight is 663 g/mol. The van der Waals surface area contributed by atoms with Gasteiger partial charge < -0.3 is 14.6 Å². The number of amides is 1. The van der Waals surface area contributed by atoms with Crippen LogP contribution < -0.4 is 14.9 Å². The largest absolute Gasteiger partial charge is 0.504 e. The van der Waals surface area contributed by atoms with Crippen LogP contribution in [0.5, 0.6) is 17.2 Å². The lowest BCUT2D eigenvalue weighted by Gasteiger charge is -2.10. The van der Waals surface area contributed by atoms with Crippen molar-refractivity contribution in [3.05, 3.63) is 46.8 Å². The molecule has 0 saturated heterocycles. The number of benzene rings is 2. The van der Waals surface area contributed by atoms with E-state index in [1.807, 2.05) is 34.7 Å². The fourth-order valence-corrected chi connectivity index (χ4v) is 4.95. The van der Waals surface area contributed by atoms with Crippen molar-refractivity contribution in [2.45, 2.75) is 0 Å². The van der Waals surface area contributed by atoms with Crippen molar-refractivity contribution in [3.63, 3.8) is 0 Å². The number of carbonyl (C=O) groups is 1. The number of hydrazone groups is 1. The first-order chi connectivity index (χ1) is 12.3. The molecule has 0 unspecified atom stereocenters. The lowest BCUT2D eigenvalue weighted by Crippen LogP contribution is -2.24. The van der Waals surface area contributed by atoms with E-state index >= 15 is 0 Å². The van der Waals surface area contributed by atoms with Crippen molar-refractivity contribution >= 4 is 82.5 Å². The maximum atomic E-state index is 11.9. The number of phenols is 1. The van der Waals surface area contributed by atoms with Gasteiger partial charge in [-0.05, 0) is 84.3 Å². The molecule has 2 aromatic carbocycles. The van der Waals surface area contributed by atoms with Crippen molar-refractivity contribution in [2.24, 2.45) is 5.10 Å². The van der Waals surface area contributed by atoms with E-state index in [9.17, 15) is 9.90 Å². The zero-order chi connectivity index (χ0) is 19.3. The summed E-state index contributed by atoms with van der Waals surface area (Å²) in [5, 5.41) is 13.7. The number of carbonyl (C=O) groups excluding carboxylic acids is 1. The third-order valence-corrected chi connectivity index (χ3v) is 5.44. The van der Waals surface area contributed by atoms with E-state index in [0.717, 1.165) is 4.47 Å². The first-order valence-electron chi connectivity index (χ1n) is 6.97. The van der Waals surface area contributed by atoms with Crippen molar-refractivity contribution in [2.75, 3.05) is 13.7 Å². The minimum atomic E-state index is -0.414. The predicted octanol–water partition coefficient (Wildman–Crippen LogP) is 4.82. The predicted molar refractivity (Wildman–Crippen MR) is 118 cm³/mol. The molecule has 1 amide bonds. The molecule has 0 aliphatic heterocycles. The van der Waals surface area contributed by atoms with Gasteiger partial charge >= 0.3 is 0 Å². The fraction of sp³-hybridized carbons (Fsp3) is 0.125. The summed E-state index contributed by atoms with van der Waals surface area (Å²) in [6.07, 6.45) is 1.45. The number of nitrogens with one attached hydrogen (secondary N) is 1. The summed E-state index contributed by atoms with van der Waals surface area (Å²) in [5.41, 5.74) is 3.05. The van der Waals surface area contributed by atoms with Gasteiger partial charge in [0.1, 0.15) is 5.75 Å². The van der Waals surface area contributed by atoms with E-state index < -0.39 is 5.91 Å². The summed E-state index contributed by atoms with van der Waals surface area (Å²) in [5.74, 6) is 0.500. The maximum Gasteiger partial charge on any atom is 0.277 e.